The van der Waals surface area contributed by atoms with Crippen LogP contribution in [0.4, 0.5) is 0 Å². The number of aromatic amines is 1. The van der Waals surface area contributed by atoms with E-state index >= 15 is 0 Å². The summed E-state index contributed by atoms with van der Waals surface area (Å²) in [5.74, 6) is -0.604. The van der Waals surface area contributed by atoms with Crippen molar-refractivity contribution in [3.05, 3.63) is 41.2 Å². The summed E-state index contributed by atoms with van der Waals surface area (Å²) in [6, 6.07) is 6.93. The molecule has 106 valence electrons. The van der Waals surface area contributed by atoms with Gasteiger partial charge in [-0.05, 0) is 24.3 Å². The fraction of sp³-hybridized carbons (Fsp3) is 0.0833. The molecule has 0 aliphatic heterocycles. The quantitative estimate of drug-likeness (QED) is 0.736. The molecule has 3 aromatic rings. The van der Waals surface area contributed by atoms with Crippen LogP contribution in [0.1, 0.15) is 10.5 Å². The molecular weight excluding hydrogens is 296 g/mol. The van der Waals surface area contributed by atoms with E-state index in [0.29, 0.717) is 22.1 Å². The molecule has 1 N–H and O–H groups in total. The highest BCUT2D eigenvalue weighted by Gasteiger charge is 2.24. The van der Waals surface area contributed by atoms with Gasteiger partial charge < -0.3 is 4.74 Å². The zero-order chi connectivity index (χ0) is 14.8. The maximum atomic E-state index is 11.8. The Morgan fingerprint density at radius 2 is 2.10 bits per heavy atom. The van der Waals surface area contributed by atoms with Gasteiger partial charge in [0.25, 0.3) is 0 Å². The molecule has 0 bridgehead atoms. The molecule has 0 spiro atoms. The van der Waals surface area contributed by atoms with Gasteiger partial charge >= 0.3 is 5.97 Å². The minimum Gasteiger partial charge on any atom is -0.464 e. The number of halogens is 1. The SMILES string of the molecule is COC(=O)c1nnn(-c2ccc(Cl)cc2)c1-c1cn[nH]n1. The molecular formula is C12H9ClN6O2. The Morgan fingerprint density at radius 3 is 2.71 bits per heavy atom. The van der Waals surface area contributed by atoms with E-state index < -0.39 is 5.97 Å². The highest BCUT2D eigenvalue weighted by molar-refractivity contribution is 6.30. The number of nitrogens with one attached hydrogen (secondary N) is 1. The van der Waals surface area contributed by atoms with Gasteiger partial charge in [0, 0.05) is 5.02 Å². The van der Waals surface area contributed by atoms with Crippen molar-refractivity contribution >= 4 is 17.6 Å². The van der Waals surface area contributed by atoms with Crippen LogP contribution in [0.5, 0.6) is 0 Å². The van der Waals surface area contributed by atoms with E-state index in [4.69, 9.17) is 16.3 Å². The Hall–Kier alpha value is -2.74. The van der Waals surface area contributed by atoms with Crippen molar-refractivity contribution in [3.63, 3.8) is 0 Å². The molecule has 9 heteroatoms. The summed E-state index contributed by atoms with van der Waals surface area (Å²) in [5.41, 5.74) is 1.55. The minimum atomic E-state index is -0.604. The number of esters is 1. The highest BCUT2D eigenvalue weighted by Crippen LogP contribution is 2.24. The van der Waals surface area contributed by atoms with Crippen LogP contribution >= 0.6 is 11.6 Å². The molecule has 0 aliphatic carbocycles. The Balaban J connectivity index is 2.19. The summed E-state index contributed by atoms with van der Waals surface area (Å²) in [6.07, 6.45) is 1.47. The summed E-state index contributed by atoms with van der Waals surface area (Å²) >= 11 is 5.87. The number of rotatable bonds is 3. The molecule has 0 atom stereocenters. The van der Waals surface area contributed by atoms with Crippen molar-refractivity contribution in [2.45, 2.75) is 0 Å². The third kappa shape index (κ3) is 2.36. The zero-order valence-electron chi connectivity index (χ0n) is 10.8. The first-order valence-corrected chi connectivity index (χ1v) is 6.24. The second-order valence-electron chi connectivity index (χ2n) is 4.02. The number of benzene rings is 1. The normalized spacial score (nSPS) is 10.6. The average molecular weight is 305 g/mol. The topological polar surface area (TPSA) is 98.6 Å². The molecule has 3 rings (SSSR count). The zero-order valence-corrected chi connectivity index (χ0v) is 11.6. The van der Waals surface area contributed by atoms with E-state index in [1.807, 2.05) is 0 Å². The van der Waals surface area contributed by atoms with Crippen LogP contribution < -0.4 is 0 Å². The molecule has 0 aliphatic rings. The van der Waals surface area contributed by atoms with Crippen LogP contribution in [-0.2, 0) is 4.74 Å². The molecule has 21 heavy (non-hydrogen) atoms. The number of methoxy groups -OCH3 is 1. The van der Waals surface area contributed by atoms with Crippen LogP contribution in [0, 0.1) is 0 Å². The smallest absolute Gasteiger partial charge is 0.361 e. The first-order valence-electron chi connectivity index (χ1n) is 5.87. The van der Waals surface area contributed by atoms with E-state index in [2.05, 4.69) is 25.7 Å². The molecule has 0 amide bonds. The van der Waals surface area contributed by atoms with Crippen LogP contribution in [-0.4, -0.2) is 43.5 Å². The molecule has 0 saturated carbocycles. The largest absolute Gasteiger partial charge is 0.464 e. The number of aromatic nitrogens is 6. The van der Waals surface area contributed by atoms with Crippen LogP contribution in [0.2, 0.25) is 5.02 Å². The van der Waals surface area contributed by atoms with Gasteiger partial charge in [0.05, 0.1) is 19.0 Å². The van der Waals surface area contributed by atoms with Crippen molar-refractivity contribution < 1.29 is 9.53 Å². The fourth-order valence-corrected chi connectivity index (χ4v) is 1.95. The molecule has 0 radical (unpaired) electrons. The van der Waals surface area contributed by atoms with Crippen molar-refractivity contribution in [3.8, 4) is 17.1 Å². The van der Waals surface area contributed by atoms with Crippen molar-refractivity contribution in [2.75, 3.05) is 7.11 Å². The van der Waals surface area contributed by atoms with E-state index in [0.717, 1.165) is 0 Å². The van der Waals surface area contributed by atoms with Crippen molar-refractivity contribution in [2.24, 2.45) is 0 Å². The number of ether oxygens (including phenoxy) is 1. The highest BCUT2D eigenvalue weighted by atomic mass is 35.5. The molecule has 1 aromatic carbocycles. The van der Waals surface area contributed by atoms with E-state index in [1.165, 1.54) is 18.0 Å². The molecule has 2 heterocycles. The van der Waals surface area contributed by atoms with Gasteiger partial charge in [0.15, 0.2) is 0 Å². The van der Waals surface area contributed by atoms with Crippen LogP contribution in [0.15, 0.2) is 30.5 Å². The third-order valence-corrected chi connectivity index (χ3v) is 3.03. The second-order valence-corrected chi connectivity index (χ2v) is 4.46. The number of carbonyl (C=O) groups excluding carboxylic acids is 1. The predicted molar refractivity (Wildman–Crippen MR) is 73.1 cm³/mol. The van der Waals surface area contributed by atoms with Crippen LogP contribution in [0.3, 0.4) is 0 Å². The monoisotopic (exact) mass is 304 g/mol. The first-order chi connectivity index (χ1) is 10.2. The number of hydrogen-bond donors (Lipinski definition) is 1. The molecule has 8 nitrogen and oxygen atoms in total. The van der Waals surface area contributed by atoms with Crippen molar-refractivity contribution in [1.29, 1.82) is 0 Å². The second kappa shape index (κ2) is 5.33. The minimum absolute atomic E-state index is 0.0568. The fourth-order valence-electron chi connectivity index (χ4n) is 1.82. The lowest BCUT2D eigenvalue weighted by atomic mass is 10.2. The lowest BCUT2D eigenvalue weighted by Crippen LogP contribution is -2.06. The van der Waals surface area contributed by atoms with Gasteiger partial charge in [-0.3, -0.25) is 0 Å². The molecule has 0 fully saturated rings. The Morgan fingerprint density at radius 1 is 1.33 bits per heavy atom. The number of hydrogen-bond acceptors (Lipinski definition) is 6. The number of carbonyl (C=O) groups is 1. The summed E-state index contributed by atoms with van der Waals surface area (Å²) in [6.45, 7) is 0. The predicted octanol–water partition coefficient (Wildman–Crippen LogP) is 1.49. The van der Waals surface area contributed by atoms with Gasteiger partial charge in [-0.15, -0.1) is 5.10 Å². The average Bonchev–Trinajstić information content (AvgIpc) is 3.15. The Labute approximate surface area is 123 Å². The summed E-state index contributed by atoms with van der Waals surface area (Å²) in [4.78, 5) is 11.8. The first kappa shape index (κ1) is 13.3. The summed E-state index contributed by atoms with van der Waals surface area (Å²) < 4.78 is 6.18. The third-order valence-electron chi connectivity index (χ3n) is 2.78. The standard InChI is InChI=1S/C12H9ClN6O2/c1-21-12(20)10-11(9-6-14-17-15-9)19(18-16-10)8-4-2-7(13)3-5-8/h2-6H,1H3,(H,14,15,17). The summed E-state index contributed by atoms with van der Waals surface area (Å²) in [7, 11) is 1.27. The van der Waals surface area contributed by atoms with E-state index in [9.17, 15) is 4.79 Å². The maximum Gasteiger partial charge on any atom is 0.361 e. The van der Waals surface area contributed by atoms with Gasteiger partial charge in [0.1, 0.15) is 11.4 Å². The lowest BCUT2D eigenvalue weighted by Gasteiger charge is -2.05. The lowest BCUT2D eigenvalue weighted by molar-refractivity contribution is 0.0595. The van der Waals surface area contributed by atoms with Gasteiger partial charge in [0.2, 0.25) is 5.69 Å². The van der Waals surface area contributed by atoms with Gasteiger partial charge in [-0.2, -0.15) is 15.4 Å². The number of H-pyrrole nitrogens is 1. The Bertz CT molecular complexity index is 766. The Kier molecular flexibility index (Phi) is 3.36. The summed E-state index contributed by atoms with van der Waals surface area (Å²) in [5, 5.41) is 18.6. The van der Waals surface area contributed by atoms with E-state index in [-0.39, 0.29) is 5.69 Å². The number of nitrogens with zero attached hydrogens (tertiary/aromatic N) is 5. The molecule has 2 aromatic heterocycles. The van der Waals surface area contributed by atoms with Crippen molar-refractivity contribution in [1.82, 2.24) is 30.4 Å². The van der Waals surface area contributed by atoms with Gasteiger partial charge in [-0.25, -0.2) is 9.48 Å². The van der Waals surface area contributed by atoms with E-state index in [1.54, 1.807) is 24.3 Å². The maximum absolute atomic E-state index is 11.8. The molecule has 0 unspecified atom stereocenters. The van der Waals surface area contributed by atoms with Gasteiger partial charge in [-0.1, -0.05) is 16.8 Å². The van der Waals surface area contributed by atoms with Crippen LogP contribution in [0.25, 0.3) is 17.1 Å². The molecule has 0 saturated heterocycles.